The fourth-order valence-corrected chi connectivity index (χ4v) is 6.61. The average molecular weight is 723 g/mol. The fraction of sp³-hybridized carbons (Fsp3) is 0.114. The van der Waals surface area contributed by atoms with Crippen LogP contribution in [0.15, 0.2) is 144 Å². The number of hydrogen-bond donors (Lipinski definition) is 0. The zero-order chi connectivity index (χ0) is 37.8. The third kappa shape index (κ3) is 6.98. The second-order valence-corrected chi connectivity index (χ2v) is 12.4. The molecule has 7 nitrogen and oxygen atoms in total. The Kier molecular flexibility index (Phi) is 10.3. The molecule has 1 aliphatic heterocycles. The van der Waals surface area contributed by atoms with Crippen LogP contribution in [0.25, 0.3) is 33.5 Å². The molecule has 6 aromatic rings. The summed E-state index contributed by atoms with van der Waals surface area (Å²) in [6.07, 6.45) is 2.00. The highest BCUT2D eigenvalue weighted by atomic mass is 19.2. The SMILES string of the molecule is COc1ccc(C2=CC(c3ccc(OC)cc3)=N/C2=C(/c2ccc(OC)cc2)c2c(-c3ccc(OC)cc3)cc(-c3ccc(OC)cc3)n2B(F)F)cc1. The highest BCUT2D eigenvalue weighted by Gasteiger charge is 2.33. The van der Waals surface area contributed by atoms with Crippen molar-refractivity contribution in [1.29, 1.82) is 0 Å². The average Bonchev–Trinajstić information content (AvgIpc) is 3.85. The summed E-state index contributed by atoms with van der Waals surface area (Å²) in [5.74, 6) is 3.28. The summed E-state index contributed by atoms with van der Waals surface area (Å²) in [4.78, 5) is 5.28. The van der Waals surface area contributed by atoms with Crippen LogP contribution in [-0.4, -0.2) is 53.1 Å². The number of aliphatic imine (C=N–C) groups is 1. The number of ether oxygens (including phenoxy) is 5. The topological polar surface area (TPSA) is 63.4 Å². The molecule has 0 aliphatic carbocycles. The number of benzene rings is 5. The van der Waals surface area contributed by atoms with Gasteiger partial charge in [-0.25, -0.2) is 4.99 Å². The summed E-state index contributed by atoms with van der Waals surface area (Å²) >= 11 is 0. The number of allylic oxidation sites excluding steroid dienone is 2. The highest BCUT2D eigenvalue weighted by molar-refractivity contribution is 6.42. The molecule has 0 radical (unpaired) electrons. The van der Waals surface area contributed by atoms with E-state index in [1.54, 1.807) is 59.8 Å². The first-order valence-electron chi connectivity index (χ1n) is 17.2. The lowest BCUT2D eigenvalue weighted by Gasteiger charge is -2.19. The van der Waals surface area contributed by atoms with Crippen LogP contribution in [0, 0.1) is 0 Å². The largest absolute Gasteiger partial charge is 0.678 e. The summed E-state index contributed by atoms with van der Waals surface area (Å²) < 4.78 is 60.3. The summed E-state index contributed by atoms with van der Waals surface area (Å²) in [5.41, 5.74) is 7.31. The maximum atomic E-state index is 16.0. The van der Waals surface area contributed by atoms with Crippen LogP contribution in [-0.2, 0) is 0 Å². The molecule has 7 rings (SSSR count). The minimum atomic E-state index is -2.93. The molecule has 0 unspecified atom stereocenters. The number of rotatable bonds is 12. The van der Waals surface area contributed by atoms with Crippen LogP contribution in [0.1, 0.15) is 22.4 Å². The molecule has 2 heterocycles. The van der Waals surface area contributed by atoms with Crippen molar-refractivity contribution in [2.24, 2.45) is 4.99 Å². The van der Waals surface area contributed by atoms with E-state index in [9.17, 15) is 0 Å². The zero-order valence-corrected chi connectivity index (χ0v) is 30.5. The van der Waals surface area contributed by atoms with Crippen molar-refractivity contribution < 1.29 is 32.3 Å². The third-order valence-corrected chi connectivity index (χ3v) is 9.43. The van der Waals surface area contributed by atoms with Gasteiger partial charge < -0.3 is 28.2 Å². The van der Waals surface area contributed by atoms with Gasteiger partial charge in [-0.3, -0.25) is 8.63 Å². The molecule has 0 atom stereocenters. The first-order chi connectivity index (χ1) is 26.3. The summed E-state index contributed by atoms with van der Waals surface area (Å²) in [6, 6.07) is 39.0. The normalized spacial score (nSPS) is 13.2. The van der Waals surface area contributed by atoms with Crippen LogP contribution in [0.2, 0.25) is 0 Å². The van der Waals surface area contributed by atoms with Crippen molar-refractivity contribution in [3.8, 4) is 51.1 Å². The molecule has 0 saturated heterocycles. The lowest BCUT2D eigenvalue weighted by atomic mass is 9.90. The lowest BCUT2D eigenvalue weighted by Crippen LogP contribution is -2.18. The maximum Gasteiger partial charge on any atom is 0.678 e. The van der Waals surface area contributed by atoms with E-state index < -0.39 is 7.40 Å². The summed E-state index contributed by atoms with van der Waals surface area (Å²) in [5, 5.41) is 0. The van der Waals surface area contributed by atoms with E-state index >= 15 is 8.63 Å². The van der Waals surface area contributed by atoms with Gasteiger partial charge in [0.15, 0.2) is 0 Å². The van der Waals surface area contributed by atoms with Crippen molar-refractivity contribution in [3.63, 3.8) is 0 Å². The predicted molar refractivity (Wildman–Crippen MR) is 211 cm³/mol. The number of aromatic nitrogens is 1. The first kappa shape index (κ1) is 35.8. The molecule has 1 aliphatic rings. The van der Waals surface area contributed by atoms with E-state index in [-0.39, 0.29) is 0 Å². The van der Waals surface area contributed by atoms with E-state index in [1.807, 2.05) is 109 Å². The van der Waals surface area contributed by atoms with Crippen molar-refractivity contribution >= 4 is 24.3 Å². The van der Waals surface area contributed by atoms with Gasteiger partial charge in [0.25, 0.3) is 0 Å². The molecule has 54 heavy (non-hydrogen) atoms. The van der Waals surface area contributed by atoms with Gasteiger partial charge in [-0.15, -0.1) is 0 Å². The van der Waals surface area contributed by atoms with Gasteiger partial charge in [0.1, 0.15) is 28.7 Å². The van der Waals surface area contributed by atoms with Crippen molar-refractivity contribution in [2.75, 3.05) is 35.5 Å². The number of methoxy groups -OCH3 is 5. The van der Waals surface area contributed by atoms with Gasteiger partial charge in [-0.05, 0) is 119 Å². The minimum absolute atomic E-state index is 0.292. The van der Waals surface area contributed by atoms with Gasteiger partial charge in [0, 0.05) is 28.0 Å². The molecule has 0 fully saturated rings. The standard InChI is InChI=1S/C44H37BF2N2O5/c1-50-33-16-6-28(7-17-33)38-26-40(30-10-20-35(52-3)21-11-30)48-43(38)42(32-14-24-37(54-5)25-15-32)44-39(29-8-18-34(51-2)19-9-29)27-41(49(44)45(46)47)31-12-22-36(53-4)23-13-31/h6-27H,1-5H3/b43-42-. The Bertz CT molecular complexity index is 2350. The number of nitrogens with zero attached hydrogens (tertiary/aromatic N) is 2. The second-order valence-electron chi connectivity index (χ2n) is 12.4. The molecule has 0 spiro atoms. The quantitative estimate of drug-likeness (QED) is 0.118. The van der Waals surface area contributed by atoms with E-state index in [0.29, 0.717) is 73.8 Å². The number of halogens is 2. The van der Waals surface area contributed by atoms with E-state index in [2.05, 4.69) is 0 Å². The third-order valence-electron chi connectivity index (χ3n) is 9.43. The molecule has 1 aromatic heterocycles. The molecule has 0 saturated carbocycles. The Morgan fingerprint density at radius 2 is 0.926 bits per heavy atom. The molecular formula is C44H37BF2N2O5. The Balaban J connectivity index is 1.60. The van der Waals surface area contributed by atoms with Crippen molar-refractivity contribution in [2.45, 2.75) is 0 Å². The van der Waals surface area contributed by atoms with Crippen LogP contribution < -0.4 is 23.7 Å². The minimum Gasteiger partial charge on any atom is -0.497 e. The van der Waals surface area contributed by atoms with Crippen LogP contribution in [0.4, 0.5) is 8.63 Å². The molecular weight excluding hydrogens is 685 g/mol. The van der Waals surface area contributed by atoms with Gasteiger partial charge in [-0.1, -0.05) is 36.4 Å². The van der Waals surface area contributed by atoms with Crippen LogP contribution >= 0.6 is 0 Å². The Morgan fingerprint density at radius 1 is 0.519 bits per heavy atom. The summed E-state index contributed by atoms with van der Waals surface area (Å²) in [7, 11) is 5.05. The van der Waals surface area contributed by atoms with Gasteiger partial charge in [0.05, 0.1) is 52.7 Å². The van der Waals surface area contributed by atoms with Crippen molar-refractivity contribution in [3.05, 3.63) is 162 Å². The van der Waals surface area contributed by atoms with Crippen molar-refractivity contribution in [1.82, 2.24) is 4.48 Å². The Labute approximate surface area is 313 Å². The molecule has 0 bridgehead atoms. The smallest absolute Gasteiger partial charge is 0.497 e. The van der Waals surface area contributed by atoms with E-state index in [4.69, 9.17) is 28.7 Å². The number of hydrogen-bond acceptors (Lipinski definition) is 6. The predicted octanol–water partition coefficient (Wildman–Crippen LogP) is 9.98. The van der Waals surface area contributed by atoms with Crippen LogP contribution in [0.5, 0.6) is 28.7 Å². The zero-order valence-electron chi connectivity index (χ0n) is 30.5. The van der Waals surface area contributed by atoms with E-state index in [1.165, 1.54) is 0 Å². The van der Waals surface area contributed by atoms with Crippen LogP contribution in [0.3, 0.4) is 0 Å². The van der Waals surface area contributed by atoms with Gasteiger partial charge >= 0.3 is 7.40 Å². The summed E-state index contributed by atoms with van der Waals surface area (Å²) in [6.45, 7) is 0. The molecule has 5 aromatic carbocycles. The molecule has 270 valence electrons. The lowest BCUT2D eigenvalue weighted by molar-refractivity contribution is 0.414. The Hall–Kier alpha value is -6.55. The van der Waals surface area contributed by atoms with Gasteiger partial charge in [0.2, 0.25) is 0 Å². The monoisotopic (exact) mass is 722 g/mol. The Morgan fingerprint density at radius 3 is 1.37 bits per heavy atom. The van der Waals surface area contributed by atoms with Gasteiger partial charge in [-0.2, -0.15) is 0 Å². The fourth-order valence-electron chi connectivity index (χ4n) is 6.61. The first-order valence-corrected chi connectivity index (χ1v) is 17.2. The maximum absolute atomic E-state index is 16.0. The molecule has 0 amide bonds. The van der Waals surface area contributed by atoms with E-state index in [0.717, 1.165) is 26.7 Å². The molecule has 0 N–H and O–H groups in total. The highest BCUT2D eigenvalue weighted by Crippen LogP contribution is 2.46. The second kappa shape index (κ2) is 15.6. The molecule has 10 heteroatoms.